The summed E-state index contributed by atoms with van der Waals surface area (Å²) in [7, 11) is 3.34. The smallest absolute Gasteiger partial charge is 0.265 e. The normalized spacial score (nSPS) is 11.7. The van der Waals surface area contributed by atoms with E-state index in [1.807, 2.05) is 23.6 Å². The van der Waals surface area contributed by atoms with Gasteiger partial charge in [0.15, 0.2) is 22.2 Å². The van der Waals surface area contributed by atoms with Crippen molar-refractivity contribution >= 4 is 51.6 Å². The third-order valence-corrected chi connectivity index (χ3v) is 6.77. The van der Waals surface area contributed by atoms with Gasteiger partial charge in [-0.15, -0.1) is 16.8 Å². The molecule has 0 fully saturated rings. The molecule has 0 radical (unpaired) electrons. The maximum absolute atomic E-state index is 12.5. The summed E-state index contributed by atoms with van der Waals surface area (Å²) in [5.74, 6) is 0.899. The van der Waals surface area contributed by atoms with Gasteiger partial charge in [-0.05, 0) is 32.0 Å². The maximum Gasteiger partial charge on any atom is 0.265 e. The van der Waals surface area contributed by atoms with Crippen molar-refractivity contribution in [3.05, 3.63) is 58.3 Å². The fourth-order valence-corrected chi connectivity index (χ4v) is 4.88. The number of nitrogens with zero attached hydrogens (tertiary/aromatic N) is 5. The minimum atomic E-state index is -0.403. The van der Waals surface area contributed by atoms with Crippen LogP contribution in [-0.4, -0.2) is 56.3 Å². The molecule has 12 heteroatoms. The molecule has 1 atom stereocenters. The lowest BCUT2D eigenvalue weighted by Crippen LogP contribution is -2.21. The standard InChI is InChI=1S/C22H25ClN6O3S2/c1-6-10-29-19(14(3)32-16-9-7-8-15(23)11-16)26-27-22(29)33-12-17(30)25-21-24-13(2)18(34-21)20(31)28(4)5/h6-9,11,14H,1,10,12H2,2-5H3,(H,24,25,30). The molecule has 2 aromatic heterocycles. The second-order valence-electron chi connectivity index (χ2n) is 7.43. The van der Waals surface area contributed by atoms with E-state index in [2.05, 4.69) is 27.1 Å². The third-order valence-electron chi connectivity index (χ3n) is 4.51. The topological polar surface area (TPSA) is 102 Å². The Morgan fingerprint density at radius 2 is 2.15 bits per heavy atom. The van der Waals surface area contributed by atoms with Gasteiger partial charge in [-0.2, -0.15) is 0 Å². The van der Waals surface area contributed by atoms with E-state index in [0.717, 1.165) is 11.3 Å². The summed E-state index contributed by atoms with van der Waals surface area (Å²) in [5.41, 5.74) is 0.579. The minimum Gasteiger partial charge on any atom is -0.483 e. The van der Waals surface area contributed by atoms with Gasteiger partial charge in [0.05, 0.1) is 11.4 Å². The number of hydrogen-bond acceptors (Lipinski definition) is 8. The SMILES string of the molecule is C=CCn1c(SCC(=O)Nc2nc(C)c(C(=O)N(C)C)s2)nnc1C(C)Oc1cccc(Cl)c1. The average molecular weight is 521 g/mol. The molecule has 0 saturated heterocycles. The van der Waals surface area contributed by atoms with Crippen LogP contribution in [0.3, 0.4) is 0 Å². The zero-order chi connectivity index (χ0) is 24.8. The lowest BCUT2D eigenvalue weighted by atomic mass is 10.3. The monoisotopic (exact) mass is 520 g/mol. The van der Waals surface area contributed by atoms with Crippen molar-refractivity contribution in [2.75, 3.05) is 25.2 Å². The van der Waals surface area contributed by atoms with Crippen molar-refractivity contribution in [1.29, 1.82) is 0 Å². The molecule has 1 aromatic carbocycles. The summed E-state index contributed by atoms with van der Waals surface area (Å²) >= 11 is 8.43. The van der Waals surface area contributed by atoms with Crippen molar-refractivity contribution in [2.45, 2.75) is 31.7 Å². The maximum atomic E-state index is 12.5. The van der Waals surface area contributed by atoms with Crippen LogP contribution in [0, 0.1) is 6.92 Å². The minimum absolute atomic E-state index is 0.0917. The molecule has 0 bridgehead atoms. The van der Waals surface area contributed by atoms with E-state index in [4.69, 9.17) is 16.3 Å². The Balaban J connectivity index is 1.66. The molecule has 2 amide bonds. The first-order valence-corrected chi connectivity index (χ1v) is 12.5. The van der Waals surface area contributed by atoms with Crippen LogP contribution in [0.2, 0.25) is 5.02 Å². The molecule has 0 spiro atoms. The van der Waals surface area contributed by atoms with E-state index < -0.39 is 6.10 Å². The first-order chi connectivity index (χ1) is 16.2. The van der Waals surface area contributed by atoms with Crippen LogP contribution in [0.25, 0.3) is 0 Å². The highest BCUT2D eigenvalue weighted by Gasteiger charge is 2.21. The number of anilines is 1. The second-order valence-corrected chi connectivity index (χ2v) is 9.81. The van der Waals surface area contributed by atoms with Crippen molar-refractivity contribution < 1.29 is 14.3 Å². The summed E-state index contributed by atoms with van der Waals surface area (Å²) in [5, 5.41) is 12.8. The fraction of sp³-hybridized carbons (Fsp3) is 0.318. The van der Waals surface area contributed by atoms with Gasteiger partial charge in [-0.25, -0.2) is 4.98 Å². The number of thiazole rings is 1. The first-order valence-electron chi connectivity index (χ1n) is 10.3. The van der Waals surface area contributed by atoms with Crippen LogP contribution >= 0.6 is 34.7 Å². The number of nitrogens with one attached hydrogen (secondary N) is 1. The largest absolute Gasteiger partial charge is 0.483 e. The Bertz CT molecular complexity index is 1190. The highest BCUT2D eigenvalue weighted by Crippen LogP contribution is 2.27. The highest BCUT2D eigenvalue weighted by atomic mass is 35.5. The number of amides is 2. The summed E-state index contributed by atoms with van der Waals surface area (Å²) in [6.07, 6.45) is 1.32. The third kappa shape index (κ3) is 6.37. The predicted octanol–water partition coefficient (Wildman–Crippen LogP) is 4.46. The summed E-state index contributed by atoms with van der Waals surface area (Å²) in [6.45, 7) is 7.86. The molecule has 0 aliphatic carbocycles. The number of halogens is 1. The van der Waals surface area contributed by atoms with Crippen LogP contribution < -0.4 is 10.1 Å². The van der Waals surface area contributed by atoms with Gasteiger partial charge in [0.2, 0.25) is 5.91 Å². The lowest BCUT2D eigenvalue weighted by Gasteiger charge is -2.15. The Kier molecular flexibility index (Phi) is 8.70. The van der Waals surface area contributed by atoms with Crippen LogP contribution in [0.5, 0.6) is 5.75 Å². The van der Waals surface area contributed by atoms with Gasteiger partial charge in [-0.3, -0.25) is 14.2 Å². The molecule has 0 aliphatic heterocycles. The van der Waals surface area contributed by atoms with Gasteiger partial charge in [0, 0.05) is 25.7 Å². The number of ether oxygens (including phenoxy) is 1. The number of allylic oxidation sites excluding steroid dienone is 1. The van der Waals surface area contributed by atoms with Gasteiger partial charge >= 0.3 is 0 Å². The zero-order valence-corrected chi connectivity index (χ0v) is 21.6. The first kappa shape index (κ1) is 25.7. The van der Waals surface area contributed by atoms with E-state index in [-0.39, 0.29) is 17.6 Å². The van der Waals surface area contributed by atoms with Crippen molar-refractivity contribution in [3.8, 4) is 5.75 Å². The quantitative estimate of drug-likeness (QED) is 0.311. The molecule has 9 nitrogen and oxygen atoms in total. The van der Waals surface area contributed by atoms with E-state index >= 15 is 0 Å². The van der Waals surface area contributed by atoms with Crippen LogP contribution in [0.4, 0.5) is 5.13 Å². The number of benzene rings is 1. The Morgan fingerprint density at radius 3 is 2.82 bits per heavy atom. The molecule has 0 aliphatic rings. The fourth-order valence-electron chi connectivity index (χ4n) is 2.94. The number of thioether (sulfide) groups is 1. The van der Waals surface area contributed by atoms with Crippen molar-refractivity contribution in [1.82, 2.24) is 24.6 Å². The molecule has 1 N–H and O–H groups in total. The molecule has 0 saturated carbocycles. The highest BCUT2D eigenvalue weighted by molar-refractivity contribution is 7.99. The van der Waals surface area contributed by atoms with Gasteiger partial charge < -0.3 is 15.0 Å². The van der Waals surface area contributed by atoms with Gasteiger partial charge in [-0.1, -0.05) is 46.8 Å². The number of carbonyl (C=O) groups is 2. The van der Waals surface area contributed by atoms with E-state index in [0.29, 0.717) is 44.0 Å². The predicted molar refractivity (Wildman–Crippen MR) is 135 cm³/mol. The van der Waals surface area contributed by atoms with Gasteiger partial charge in [0.25, 0.3) is 5.91 Å². The van der Waals surface area contributed by atoms with E-state index in [1.165, 1.54) is 16.7 Å². The van der Waals surface area contributed by atoms with Crippen LogP contribution in [-0.2, 0) is 11.3 Å². The summed E-state index contributed by atoms with van der Waals surface area (Å²) < 4.78 is 7.82. The second kappa shape index (κ2) is 11.5. The number of aryl methyl sites for hydroxylation is 1. The molecule has 34 heavy (non-hydrogen) atoms. The molecular weight excluding hydrogens is 496 g/mol. The number of aromatic nitrogens is 4. The molecule has 3 aromatic rings. The van der Waals surface area contributed by atoms with Crippen LogP contribution in [0.15, 0.2) is 42.1 Å². The number of rotatable bonds is 10. The molecular formula is C22H25ClN6O3S2. The lowest BCUT2D eigenvalue weighted by molar-refractivity contribution is -0.113. The van der Waals surface area contributed by atoms with Crippen molar-refractivity contribution in [3.63, 3.8) is 0 Å². The molecule has 2 heterocycles. The Hall–Kier alpha value is -2.89. The van der Waals surface area contributed by atoms with E-state index in [9.17, 15) is 9.59 Å². The molecule has 3 rings (SSSR count). The Morgan fingerprint density at radius 1 is 1.38 bits per heavy atom. The Labute approximate surface area is 211 Å². The summed E-state index contributed by atoms with van der Waals surface area (Å²) in [4.78, 5) is 31.0. The average Bonchev–Trinajstić information content (AvgIpc) is 3.34. The van der Waals surface area contributed by atoms with Crippen molar-refractivity contribution in [2.24, 2.45) is 0 Å². The molecule has 1 unspecified atom stereocenters. The zero-order valence-electron chi connectivity index (χ0n) is 19.2. The molecule has 180 valence electrons. The number of hydrogen-bond donors (Lipinski definition) is 1. The van der Waals surface area contributed by atoms with Gasteiger partial charge in [0.1, 0.15) is 10.6 Å². The van der Waals surface area contributed by atoms with E-state index in [1.54, 1.807) is 39.2 Å². The summed E-state index contributed by atoms with van der Waals surface area (Å²) in [6, 6.07) is 7.12. The number of carbonyl (C=O) groups excluding carboxylic acids is 2. The van der Waals surface area contributed by atoms with Crippen LogP contribution in [0.1, 0.15) is 34.2 Å².